The van der Waals surface area contributed by atoms with Crippen LogP contribution < -0.4 is 0 Å². The molecule has 80 valence electrons. The maximum atomic E-state index is 4.09. The van der Waals surface area contributed by atoms with Crippen LogP contribution in [0.1, 0.15) is 38.3 Å². The molecule has 0 saturated heterocycles. The van der Waals surface area contributed by atoms with E-state index in [9.17, 15) is 0 Å². The minimum Gasteiger partial charge on any atom is -0.249 e. The van der Waals surface area contributed by atoms with Crippen LogP contribution in [0.4, 0.5) is 0 Å². The second-order valence-electron chi connectivity index (χ2n) is 3.44. The van der Waals surface area contributed by atoms with E-state index in [4.69, 9.17) is 0 Å². The van der Waals surface area contributed by atoms with Gasteiger partial charge in [0, 0.05) is 12.3 Å². The SMILES string of the molecule is CCCCCCn1nncc1CSC. The van der Waals surface area contributed by atoms with Crippen LogP contribution in [0.25, 0.3) is 0 Å². The summed E-state index contributed by atoms with van der Waals surface area (Å²) in [4.78, 5) is 0. The maximum absolute atomic E-state index is 4.09. The van der Waals surface area contributed by atoms with Crippen molar-refractivity contribution in [3.05, 3.63) is 11.9 Å². The lowest BCUT2D eigenvalue weighted by Gasteiger charge is -2.04. The third kappa shape index (κ3) is 3.70. The fraction of sp³-hybridized carbons (Fsp3) is 0.800. The predicted molar refractivity (Wildman–Crippen MR) is 61.4 cm³/mol. The van der Waals surface area contributed by atoms with Gasteiger partial charge in [0.25, 0.3) is 0 Å². The van der Waals surface area contributed by atoms with E-state index in [1.807, 2.05) is 22.6 Å². The largest absolute Gasteiger partial charge is 0.249 e. The van der Waals surface area contributed by atoms with Crippen LogP contribution in [0.2, 0.25) is 0 Å². The highest BCUT2D eigenvalue weighted by Gasteiger charge is 2.01. The molecule has 0 spiro atoms. The smallest absolute Gasteiger partial charge is 0.0733 e. The van der Waals surface area contributed by atoms with Gasteiger partial charge < -0.3 is 0 Å². The zero-order chi connectivity index (χ0) is 10.2. The fourth-order valence-electron chi connectivity index (χ4n) is 1.42. The summed E-state index contributed by atoms with van der Waals surface area (Å²) in [7, 11) is 0. The summed E-state index contributed by atoms with van der Waals surface area (Å²) in [6.45, 7) is 3.25. The van der Waals surface area contributed by atoms with Crippen molar-refractivity contribution in [1.29, 1.82) is 0 Å². The highest BCUT2D eigenvalue weighted by Crippen LogP contribution is 2.08. The van der Waals surface area contributed by atoms with Crippen molar-refractivity contribution in [2.45, 2.75) is 44.9 Å². The number of aryl methyl sites for hydroxylation is 1. The fourth-order valence-corrected chi connectivity index (χ4v) is 1.93. The van der Waals surface area contributed by atoms with Gasteiger partial charge in [0.05, 0.1) is 11.9 Å². The molecule has 0 N–H and O–H groups in total. The Morgan fingerprint density at radius 1 is 1.36 bits per heavy atom. The summed E-state index contributed by atoms with van der Waals surface area (Å²) in [6, 6.07) is 0. The number of rotatable bonds is 7. The van der Waals surface area contributed by atoms with Crippen molar-refractivity contribution in [3.8, 4) is 0 Å². The second kappa shape index (κ2) is 6.87. The van der Waals surface area contributed by atoms with Crippen molar-refractivity contribution < 1.29 is 0 Å². The normalized spacial score (nSPS) is 10.7. The minimum absolute atomic E-state index is 1.01. The molecule has 0 atom stereocenters. The second-order valence-corrected chi connectivity index (χ2v) is 4.31. The molecule has 0 aliphatic carbocycles. The maximum Gasteiger partial charge on any atom is 0.0733 e. The molecule has 0 amide bonds. The van der Waals surface area contributed by atoms with Gasteiger partial charge in [-0.15, -0.1) is 5.10 Å². The molecule has 0 aliphatic heterocycles. The van der Waals surface area contributed by atoms with Crippen molar-refractivity contribution in [1.82, 2.24) is 15.0 Å². The third-order valence-corrected chi connectivity index (χ3v) is 2.80. The Morgan fingerprint density at radius 2 is 2.21 bits per heavy atom. The molecule has 3 nitrogen and oxygen atoms in total. The predicted octanol–water partition coefficient (Wildman–Crippen LogP) is 2.72. The van der Waals surface area contributed by atoms with Gasteiger partial charge in [0.2, 0.25) is 0 Å². The summed E-state index contributed by atoms with van der Waals surface area (Å²) in [5.74, 6) is 1.01. The molecule has 1 aromatic heterocycles. The zero-order valence-electron chi connectivity index (χ0n) is 9.07. The molecule has 0 aliphatic rings. The number of unbranched alkanes of at least 4 members (excludes halogenated alkanes) is 3. The molecule has 0 radical (unpaired) electrons. The average Bonchev–Trinajstić information content (AvgIpc) is 2.61. The van der Waals surface area contributed by atoms with Gasteiger partial charge in [0.15, 0.2) is 0 Å². The molecule has 0 bridgehead atoms. The number of nitrogens with zero attached hydrogens (tertiary/aromatic N) is 3. The van der Waals surface area contributed by atoms with Crippen LogP contribution in [-0.2, 0) is 12.3 Å². The number of hydrogen-bond donors (Lipinski definition) is 0. The molecular weight excluding hydrogens is 194 g/mol. The van der Waals surface area contributed by atoms with Crippen LogP contribution in [0.15, 0.2) is 6.20 Å². The first kappa shape index (κ1) is 11.6. The van der Waals surface area contributed by atoms with Gasteiger partial charge in [-0.25, -0.2) is 4.68 Å². The van der Waals surface area contributed by atoms with E-state index in [2.05, 4.69) is 23.5 Å². The summed E-state index contributed by atoms with van der Waals surface area (Å²) in [5.41, 5.74) is 1.24. The van der Waals surface area contributed by atoms with E-state index in [1.165, 1.54) is 31.4 Å². The van der Waals surface area contributed by atoms with Gasteiger partial charge in [-0.3, -0.25) is 0 Å². The molecule has 1 rings (SSSR count). The van der Waals surface area contributed by atoms with E-state index in [-0.39, 0.29) is 0 Å². The van der Waals surface area contributed by atoms with Crippen LogP contribution in [0.3, 0.4) is 0 Å². The Labute approximate surface area is 90.3 Å². The summed E-state index contributed by atoms with van der Waals surface area (Å²) in [6.07, 6.45) is 9.11. The Kier molecular flexibility index (Phi) is 5.68. The molecular formula is C10H19N3S. The Bertz CT molecular complexity index is 247. The molecule has 1 heterocycles. The van der Waals surface area contributed by atoms with E-state index < -0.39 is 0 Å². The standard InChI is InChI=1S/C10H19N3S/c1-3-4-5-6-7-13-10(9-14-2)8-11-12-13/h8H,3-7,9H2,1-2H3. The van der Waals surface area contributed by atoms with Crippen molar-refractivity contribution >= 4 is 11.8 Å². The van der Waals surface area contributed by atoms with E-state index in [0.29, 0.717) is 0 Å². The molecule has 0 unspecified atom stereocenters. The van der Waals surface area contributed by atoms with Crippen molar-refractivity contribution in [2.24, 2.45) is 0 Å². The van der Waals surface area contributed by atoms with Gasteiger partial charge in [-0.05, 0) is 12.7 Å². The van der Waals surface area contributed by atoms with Crippen LogP contribution in [0, 0.1) is 0 Å². The molecule has 0 aromatic carbocycles. The first-order chi connectivity index (χ1) is 6.88. The van der Waals surface area contributed by atoms with E-state index in [1.54, 1.807) is 0 Å². The van der Waals surface area contributed by atoms with Gasteiger partial charge in [-0.2, -0.15) is 11.8 Å². The first-order valence-corrected chi connectivity index (χ1v) is 6.64. The number of hydrogen-bond acceptors (Lipinski definition) is 3. The highest BCUT2D eigenvalue weighted by atomic mass is 32.2. The number of thioether (sulfide) groups is 1. The molecule has 0 saturated carbocycles. The lowest BCUT2D eigenvalue weighted by Crippen LogP contribution is -2.04. The van der Waals surface area contributed by atoms with Crippen LogP contribution in [0.5, 0.6) is 0 Å². The molecule has 4 heteroatoms. The zero-order valence-corrected chi connectivity index (χ0v) is 9.89. The Hall–Kier alpha value is -0.510. The van der Waals surface area contributed by atoms with Crippen LogP contribution >= 0.6 is 11.8 Å². The molecule has 1 aromatic rings. The summed E-state index contributed by atoms with van der Waals surface area (Å²) >= 11 is 1.82. The molecule has 0 fully saturated rings. The monoisotopic (exact) mass is 213 g/mol. The molecule has 14 heavy (non-hydrogen) atoms. The highest BCUT2D eigenvalue weighted by molar-refractivity contribution is 7.97. The van der Waals surface area contributed by atoms with Crippen molar-refractivity contribution in [2.75, 3.05) is 6.26 Å². The lowest BCUT2D eigenvalue weighted by atomic mass is 10.2. The van der Waals surface area contributed by atoms with Gasteiger partial charge in [-0.1, -0.05) is 31.4 Å². The van der Waals surface area contributed by atoms with E-state index >= 15 is 0 Å². The van der Waals surface area contributed by atoms with Gasteiger partial charge in [0.1, 0.15) is 0 Å². The quantitative estimate of drug-likeness (QED) is 0.652. The number of aromatic nitrogens is 3. The topological polar surface area (TPSA) is 30.7 Å². The average molecular weight is 213 g/mol. The summed E-state index contributed by atoms with van der Waals surface area (Å²) < 4.78 is 2.03. The van der Waals surface area contributed by atoms with Gasteiger partial charge >= 0.3 is 0 Å². The van der Waals surface area contributed by atoms with Crippen molar-refractivity contribution in [3.63, 3.8) is 0 Å². The van der Waals surface area contributed by atoms with E-state index in [0.717, 1.165) is 12.3 Å². The third-order valence-electron chi connectivity index (χ3n) is 2.21. The Balaban J connectivity index is 2.30. The Morgan fingerprint density at radius 3 is 2.93 bits per heavy atom. The first-order valence-electron chi connectivity index (χ1n) is 5.24. The van der Waals surface area contributed by atoms with Crippen LogP contribution in [-0.4, -0.2) is 21.2 Å². The lowest BCUT2D eigenvalue weighted by molar-refractivity contribution is 0.518. The minimum atomic E-state index is 1.01. The summed E-state index contributed by atoms with van der Waals surface area (Å²) in [5, 5.41) is 8.03.